The van der Waals surface area contributed by atoms with Crippen molar-refractivity contribution in [3.05, 3.63) is 66.3 Å². The third kappa shape index (κ3) is 3.56. The summed E-state index contributed by atoms with van der Waals surface area (Å²) in [5.74, 6) is 0.107. The highest BCUT2D eigenvalue weighted by molar-refractivity contribution is 7.89. The molecule has 7 heteroatoms. The summed E-state index contributed by atoms with van der Waals surface area (Å²) in [5, 5.41) is 3.82. The van der Waals surface area contributed by atoms with Gasteiger partial charge in [-0.15, -0.1) is 0 Å². The molecule has 0 aliphatic carbocycles. The number of sulfone groups is 1. The van der Waals surface area contributed by atoms with E-state index >= 15 is 0 Å². The van der Waals surface area contributed by atoms with Crippen molar-refractivity contribution in [2.75, 3.05) is 0 Å². The Balaban J connectivity index is 1.75. The van der Waals surface area contributed by atoms with Crippen molar-refractivity contribution in [3.63, 3.8) is 0 Å². The molecule has 3 aromatic rings. The van der Waals surface area contributed by atoms with Crippen LogP contribution in [0.4, 0.5) is 0 Å². The summed E-state index contributed by atoms with van der Waals surface area (Å²) >= 11 is 0. The van der Waals surface area contributed by atoms with Gasteiger partial charge in [-0.2, -0.15) is 4.98 Å². The molecule has 0 N–H and O–H groups in total. The number of nitrogens with zero attached hydrogens (tertiary/aromatic N) is 3. The van der Waals surface area contributed by atoms with Gasteiger partial charge in [0.2, 0.25) is 11.7 Å². The first-order chi connectivity index (χ1) is 10.6. The summed E-state index contributed by atoms with van der Waals surface area (Å²) in [5.41, 5.74) is 1.46. The maximum Gasteiger partial charge on any atom is 0.242 e. The van der Waals surface area contributed by atoms with E-state index in [1.54, 1.807) is 24.5 Å². The van der Waals surface area contributed by atoms with Crippen molar-refractivity contribution in [1.82, 2.24) is 15.1 Å². The Bertz CT molecular complexity index is 846. The summed E-state index contributed by atoms with van der Waals surface area (Å²) in [4.78, 5) is 8.00. The molecule has 0 fully saturated rings. The zero-order chi connectivity index (χ0) is 15.4. The lowest BCUT2D eigenvalue weighted by Crippen LogP contribution is -2.08. The highest BCUT2D eigenvalue weighted by atomic mass is 32.2. The van der Waals surface area contributed by atoms with Crippen molar-refractivity contribution in [1.29, 1.82) is 0 Å². The SMILES string of the molecule is O=S(=O)(Cc1ccncc1)Cc1nc(-c2ccccc2)no1. The molecule has 22 heavy (non-hydrogen) atoms. The number of pyridine rings is 1. The van der Waals surface area contributed by atoms with E-state index in [0.29, 0.717) is 11.4 Å². The summed E-state index contributed by atoms with van der Waals surface area (Å²) in [6, 6.07) is 12.6. The summed E-state index contributed by atoms with van der Waals surface area (Å²) < 4.78 is 29.4. The van der Waals surface area contributed by atoms with E-state index < -0.39 is 9.84 Å². The van der Waals surface area contributed by atoms with Gasteiger partial charge in [0.15, 0.2) is 9.84 Å². The second kappa shape index (κ2) is 6.07. The average Bonchev–Trinajstić information content (AvgIpc) is 2.96. The minimum Gasteiger partial charge on any atom is -0.338 e. The first kappa shape index (κ1) is 14.4. The first-order valence-electron chi connectivity index (χ1n) is 6.60. The molecule has 3 rings (SSSR count). The van der Waals surface area contributed by atoms with E-state index in [-0.39, 0.29) is 17.4 Å². The highest BCUT2D eigenvalue weighted by Gasteiger charge is 2.18. The monoisotopic (exact) mass is 315 g/mol. The molecule has 0 saturated carbocycles. The number of hydrogen-bond donors (Lipinski definition) is 0. The standard InChI is InChI=1S/C15H13N3O3S/c19-22(20,10-12-6-8-16-9-7-12)11-14-17-15(18-21-14)13-4-2-1-3-5-13/h1-9H,10-11H2. The van der Waals surface area contributed by atoms with Crippen LogP contribution < -0.4 is 0 Å². The van der Waals surface area contributed by atoms with Gasteiger partial charge in [-0.05, 0) is 17.7 Å². The Kier molecular flexibility index (Phi) is 3.97. The van der Waals surface area contributed by atoms with Crippen LogP contribution in [0.1, 0.15) is 11.5 Å². The van der Waals surface area contributed by atoms with E-state index in [4.69, 9.17) is 4.52 Å². The van der Waals surface area contributed by atoms with Crippen LogP contribution in [-0.4, -0.2) is 23.5 Å². The molecule has 2 heterocycles. The number of hydrogen-bond acceptors (Lipinski definition) is 6. The van der Waals surface area contributed by atoms with E-state index in [0.717, 1.165) is 5.56 Å². The Labute approximate surface area is 127 Å². The Hall–Kier alpha value is -2.54. The Morgan fingerprint density at radius 2 is 1.68 bits per heavy atom. The molecule has 0 aliphatic heterocycles. The normalized spacial score (nSPS) is 11.5. The lowest BCUT2D eigenvalue weighted by atomic mass is 10.2. The second-order valence-electron chi connectivity index (χ2n) is 4.77. The fraction of sp³-hybridized carbons (Fsp3) is 0.133. The van der Waals surface area contributed by atoms with Gasteiger partial charge < -0.3 is 4.52 Å². The van der Waals surface area contributed by atoms with Crippen LogP contribution in [0.25, 0.3) is 11.4 Å². The first-order valence-corrected chi connectivity index (χ1v) is 8.42. The van der Waals surface area contributed by atoms with E-state index in [9.17, 15) is 8.42 Å². The molecular formula is C15H13N3O3S. The number of aromatic nitrogens is 3. The smallest absolute Gasteiger partial charge is 0.242 e. The van der Waals surface area contributed by atoms with Gasteiger partial charge in [0.25, 0.3) is 0 Å². The van der Waals surface area contributed by atoms with E-state index in [2.05, 4.69) is 15.1 Å². The third-order valence-corrected chi connectivity index (χ3v) is 4.44. The van der Waals surface area contributed by atoms with Crippen LogP contribution in [0.5, 0.6) is 0 Å². The maximum atomic E-state index is 12.2. The summed E-state index contributed by atoms with van der Waals surface area (Å²) in [6.45, 7) is 0. The van der Waals surface area contributed by atoms with Crippen LogP contribution in [-0.2, 0) is 21.3 Å². The molecule has 112 valence electrons. The molecule has 0 spiro atoms. The van der Waals surface area contributed by atoms with Crippen LogP contribution in [0.2, 0.25) is 0 Å². The molecule has 0 bridgehead atoms. The number of rotatable bonds is 5. The van der Waals surface area contributed by atoms with Gasteiger partial charge in [-0.1, -0.05) is 35.5 Å². The quantitative estimate of drug-likeness (QED) is 0.718. The fourth-order valence-corrected chi connectivity index (χ4v) is 3.29. The highest BCUT2D eigenvalue weighted by Crippen LogP contribution is 2.17. The minimum absolute atomic E-state index is 0.0848. The fourth-order valence-electron chi connectivity index (χ4n) is 1.99. The van der Waals surface area contributed by atoms with Gasteiger partial charge in [-0.3, -0.25) is 4.98 Å². The van der Waals surface area contributed by atoms with E-state index in [1.807, 2.05) is 30.3 Å². The van der Waals surface area contributed by atoms with Gasteiger partial charge in [0.1, 0.15) is 5.75 Å². The molecule has 0 aliphatic rings. The molecule has 0 unspecified atom stereocenters. The molecule has 1 aromatic carbocycles. The summed E-state index contributed by atoms with van der Waals surface area (Å²) in [7, 11) is -3.38. The topological polar surface area (TPSA) is 86.0 Å². The molecular weight excluding hydrogens is 302 g/mol. The predicted molar refractivity (Wildman–Crippen MR) is 80.3 cm³/mol. The lowest BCUT2D eigenvalue weighted by molar-refractivity contribution is 0.389. The zero-order valence-electron chi connectivity index (χ0n) is 11.6. The molecule has 6 nitrogen and oxygen atoms in total. The largest absolute Gasteiger partial charge is 0.338 e. The number of benzene rings is 1. The van der Waals surface area contributed by atoms with Gasteiger partial charge in [0.05, 0.1) is 5.75 Å². The third-order valence-electron chi connectivity index (χ3n) is 2.98. The van der Waals surface area contributed by atoms with Gasteiger partial charge >= 0.3 is 0 Å². The van der Waals surface area contributed by atoms with E-state index in [1.165, 1.54) is 0 Å². The lowest BCUT2D eigenvalue weighted by Gasteiger charge is -2.00. The minimum atomic E-state index is -3.38. The van der Waals surface area contributed by atoms with Gasteiger partial charge in [0, 0.05) is 18.0 Å². The summed E-state index contributed by atoms with van der Waals surface area (Å²) in [6.07, 6.45) is 3.12. The van der Waals surface area contributed by atoms with Crippen LogP contribution >= 0.6 is 0 Å². The molecule has 2 aromatic heterocycles. The maximum absolute atomic E-state index is 12.2. The molecule has 0 atom stereocenters. The molecule has 0 amide bonds. The second-order valence-corrected chi connectivity index (χ2v) is 6.83. The average molecular weight is 315 g/mol. The molecule has 0 radical (unpaired) electrons. The van der Waals surface area contributed by atoms with Gasteiger partial charge in [-0.25, -0.2) is 8.42 Å². The molecule has 0 saturated heterocycles. The van der Waals surface area contributed by atoms with Crippen molar-refractivity contribution in [3.8, 4) is 11.4 Å². The predicted octanol–water partition coefficient (Wildman–Crippen LogP) is 2.25. The Morgan fingerprint density at radius 3 is 2.41 bits per heavy atom. The Morgan fingerprint density at radius 1 is 0.955 bits per heavy atom. The van der Waals surface area contributed by atoms with Crippen molar-refractivity contribution >= 4 is 9.84 Å². The van der Waals surface area contributed by atoms with Crippen molar-refractivity contribution < 1.29 is 12.9 Å². The van der Waals surface area contributed by atoms with Crippen LogP contribution in [0.3, 0.4) is 0 Å². The van der Waals surface area contributed by atoms with Crippen LogP contribution in [0.15, 0.2) is 59.4 Å². The zero-order valence-corrected chi connectivity index (χ0v) is 12.4. The van der Waals surface area contributed by atoms with Crippen molar-refractivity contribution in [2.24, 2.45) is 0 Å². The van der Waals surface area contributed by atoms with Crippen LogP contribution in [0, 0.1) is 0 Å². The van der Waals surface area contributed by atoms with Crippen molar-refractivity contribution in [2.45, 2.75) is 11.5 Å².